The quantitative estimate of drug-likeness (QED) is 0.557. The van der Waals surface area contributed by atoms with E-state index in [2.05, 4.69) is 17.4 Å². The molecule has 1 heterocycles. The molecule has 0 saturated heterocycles. The maximum Gasteiger partial charge on any atom is 0.323 e. The molecular weight excluding hydrogens is 214 g/mol. The van der Waals surface area contributed by atoms with Gasteiger partial charge in [-0.1, -0.05) is 24.3 Å². The fourth-order valence-electron chi connectivity index (χ4n) is 1.76. The van der Waals surface area contributed by atoms with Crippen molar-refractivity contribution in [3.8, 4) is 0 Å². The first-order valence-electron chi connectivity index (χ1n) is 4.69. The second-order valence-electron chi connectivity index (χ2n) is 3.43. The second kappa shape index (κ2) is 5.14. The smallest absolute Gasteiger partial charge is 0.323 e. The SMILES string of the molecule is COC(=O)C1Cc2ccccc2CN1.[Cl-]. The van der Waals surface area contributed by atoms with E-state index in [0.29, 0.717) is 0 Å². The lowest BCUT2D eigenvalue weighted by atomic mass is 9.96. The Morgan fingerprint density at radius 3 is 2.73 bits per heavy atom. The highest BCUT2D eigenvalue weighted by molar-refractivity contribution is 5.76. The van der Waals surface area contributed by atoms with Gasteiger partial charge in [0, 0.05) is 6.54 Å². The zero-order chi connectivity index (χ0) is 9.97. The number of nitrogens with one attached hydrogen (secondary N) is 1. The topological polar surface area (TPSA) is 38.3 Å². The lowest BCUT2D eigenvalue weighted by Crippen LogP contribution is -3.00. The van der Waals surface area contributed by atoms with Crippen molar-refractivity contribution in [3.63, 3.8) is 0 Å². The Kier molecular flexibility index (Phi) is 4.12. The lowest BCUT2D eigenvalue weighted by Gasteiger charge is -2.23. The van der Waals surface area contributed by atoms with Crippen LogP contribution in [-0.2, 0) is 22.5 Å². The Balaban J connectivity index is 0.00000112. The van der Waals surface area contributed by atoms with Gasteiger partial charge in [0.2, 0.25) is 0 Å². The molecule has 1 aromatic rings. The number of methoxy groups -OCH3 is 1. The monoisotopic (exact) mass is 226 g/mol. The molecule has 15 heavy (non-hydrogen) atoms. The van der Waals surface area contributed by atoms with Gasteiger partial charge in [-0.05, 0) is 17.5 Å². The van der Waals surface area contributed by atoms with Gasteiger partial charge in [-0.2, -0.15) is 0 Å². The van der Waals surface area contributed by atoms with Crippen molar-refractivity contribution in [2.75, 3.05) is 7.11 Å². The second-order valence-corrected chi connectivity index (χ2v) is 3.43. The number of hydrogen-bond acceptors (Lipinski definition) is 3. The lowest BCUT2D eigenvalue weighted by molar-refractivity contribution is -0.143. The van der Waals surface area contributed by atoms with Crippen molar-refractivity contribution >= 4 is 5.97 Å². The van der Waals surface area contributed by atoms with Crippen LogP contribution in [0.2, 0.25) is 0 Å². The van der Waals surface area contributed by atoms with Crippen molar-refractivity contribution in [1.82, 2.24) is 5.32 Å². The summed E-state index contributed by atoms with van der Waals surface area (Å²) in [7, 11) is 1.42. The summed E-state index contributed by atoms with van der Waals surface area (Å²) >= 11 is 0. The third-order valence-electron chi connectivity index (χ3n) is 2.57. The average molecular weight is 227 g/mol. The highest BCUT2D eigenvalue weighted by atomic mass is 35.5. The molecule has 0 fully saturated rings. The summed E-state index contributed by atoms with van der Waals surface area (Å²) in [6, 6.07) is 7.97. The Hall–Kier alpha value is -1.06. The van der Waals surface area contributed by atoms with E-state index in [4.69, 9.17) is 4.74 Å². The van der Waals surface area contributed by atoms with E-state index in [-0.39, 0.29) is 24.4 Å². The predicted octanol–water partition coefficient (Wildman–Crippen LogP) is -2.12. The number of ether oxygens (including phenoxy) is 1. The molecule has 1 aliphatic heterocycles. The van der Waals surface area contributed by atoms with Crippen molar-refractivity contribution in [1.29, 1.82) is 0 Å². The minimum absolute atomic E-state index is 0. The molecule has 1 unspecified atom stereocenters. The molecule has 0 aromatic heterocycles. The zero-order valence-corrected chi connectivity index (χ0v) is 9.25. The molecule has 0 spiro atoms. The van der Waals surface area contributed by atoms with Crippen LogP contribution in [-0.4, -0.2) is 19.1 Å². The summed E-state index contributed by atoms with van der Waals surface area (Å²) < 4.78 is 4.70. The highest BCUT2D eigenvalue weighted by Crippen LogP contribution is 2.16. The molecular formula is C11H13ClNO2-. The summed E-state index contributed by atoms with van der Waals surface area (Å²) in [5.74, 6) is -0.181. The van der Waals surface area contributed by atoms with Gasteiger partial charge in [0.25, 0.3) is 0 Å². The van der Waals surface area contributed by atoms with Crippen LogP contribution in [0, 0.1) is 0 Å². The largest absolute Gasteiger partial charge is 1.00 e. The summed E-state index contributed by atoms with van der Waals surface area (Å²) in [5, 5.41) is 3.15. The van der Waals surface area contributed by atoms with Crippen molar-refractivity contribution in [2.45, 2.75) is 19.0 Å². The van der Waals surface area contributed by atoms with Crippen molar-refractivity contribution in [3.05, 3.63) is 35.4 Å². The number of fused-ring (bicyclic) bond motifs is 1. The highest BCUT2D eigenvalue weighted by Gasteiger charge is 2.23. The minimum atomic E-state index is -0.185. The molecule has 0 aliphatic carbocycles. The van der Waals surface area contributed by atoms with Crippen LogP contribution in [0.4, 0.5) is 0 Å². The fraction of sp³-hybridized carbons (Fsp3) is 0.364. The number of carbonyl (C=O) groups is 1. The standard InChI is InChI=1S/C11H13NO2.ClH/c1-14-11(13)10-6-8-4-2-3-5-9(8)7-12-10;/h2-5,10,12H,6-7H2,1H3;1H/p-1. The first-order valence-corrected chi connectivity index (χ1v) is 4.69. The Morgan fingerprint density at radius 1 is 1.40 bits per heavy atom. The van der Waals surface area contributed by atoms with Crippen LogP contribution in [0.15, 0.2) is 24.3 Å². The van der Waals surface area contributed by atoms with Gasteiger partial charge in [-0.15, -0.1) is 0 Å². The Bertz CT molecular complexity index is 354. The maximum atomic E-state index is 11.3. The number of rotatable bonds is 1. The van der Waals surface area contributed by atoms with E-state index in [0.717, 1.165) is 13.0 Å². The van der Waals surface area contributed by atoms with Gasteiger partial charge in [0.15, 0.2) is 0 Å². The summed E-state index contributed by atoms with van der Waals surface area (Å²) in [6.07, 6.45) is 0.725. The summed E-state index contributed by atoms with van der Waals surface area (Å²) in [5.41, 5.74) is 2.51. The van der Waals surface area contributed by atoms with Gasteiger partial charge in [-0.25, -0.2) is 0 Å². The molecule has 0 saturated carbocycles. The third kappa shape index (κ3) is 2.49. The van der Waals surface area contributed by atoms with Crippen LogP contribution >= 0.6 is 0 Å². The van der Waals surface area contributed by atoms with Crippen molar-refractivity contribution < 1.29 is 21.9 Å². The van der Waals surface area contributed by atoms with E-state index in [1.165, 1.54) is 18.2 Å². The number of hydrogen-bond donors (Lipinski definition) is 1. The van der Waals surface area contributed by atoms with Crippen LogP contribution < -0.4 is 17.7 Å². The fourth-order valence-corrected chi connectivity index (χ4v) is 1.76. The number of esters is 1. The van der Waals surface area contributed by atoms with E-state index in [9.17, 15) is 4.79 Å². The van der Waals surface area contributed by atoms with E-state index < -0.39 is 0 Å². The van der Waals surface area contributed by atoms with Gasteiger partial charge < -0.3 is 22.5 Å². The van der Waals surface area contributed by atoms with E-state index >= 15 is 0 Å². The van der Waals surface area contributed by atoms with Gasteiger partial charge >= 0.3 is 5.97 Å². The molecule has 0 bridgehead atoms. The number of halogens is 1. The molecule has 4 heteroatoms. The molecule has 1 N–H and O–H groups in total. The molecule has 1 aromatic carbocycles. The van der Waals surface area contributed by atoms with E-state index in [1.807, 2.05) is 12.1 Å². The third-order valence-corrected chi connectivity index (χ3v) is 2.57. The molecule has 1 atom stereocenters. The summed E-state index contributed by atoms with van der Waals surface area (Å²) in [6.45, 7) is 0.746. The summed E-state index contributed by atoms with van der Waals surface area (Å²) in [4.78, 5) is 11.3. The van der Waals surface area contributed by atoms with Gasteiger partial charge in [0.05, 0.1) is 7.11 Å². The molecule has 2 rings (SSSR count). The number of benzene rings is 1. The first kappa shape index (κ1) is 12.0. The molecule has 82 valence electrons. The number of carbonyl (C=O) groups excluding carboxylic acids is 1. The Morgan fingerprint density at radius 2 is 2.07 bits per heavy atom. The molecule has 0 amide bonds. The molecule has 3 nitrogen and oxygen atoms in total. The Labute approximate surface area is 95.2 Å². The predicted molar refractivity (Wildman–Crippen MR) is 52.8 cm³/mol. The van der Waals surface area contributed by atoms with Crippen LogP contribution in [0.3, 0.4) is 0 Å². The molecule has 1 aliphatic rings. The van der Waals surface area contributed by atoms with Crippen molar-refractivity contribution in [2.24, 2.45) is 0 Å². The average Bonchev–Trinajstić information content (AvgIpc) is 2.27. The normalized spacial score (nSPS) is 18.6. The molecule has 0 radical (unpaired) electrons. The zero-order valence-electron chi connectivity index (χ0n) is 8.50. The van der Waals surface area contributed by atoms with E-state index in [1.54, 1.807) is 0 Å². The van der Waals surface area contributed by atoms with Gasteiger partial charge in [0.1, 0.15) is 6.04 Å². The van der Waals surface area contributed by atoms with Gasteiger partial charge in [-0.3, -0.25) is 4.79 Å². The van der Waals surface area contributed by atoms with Crippen LogP contribution in [0.5, 0.6) is 0 Å². The van der Waals surface area contributed by atoms with Crippen LogP contribution in [0.25, 0.3) is 0 Å². The first-order chi connectivity index (χ1) is 6.81. The van der Waals surface area contributed by atoms with Crippen LogP contribution in [0.1, 0.15) is 11.1 Å². The maximum absolute atomic E-state index is 11.3. The minimum Gasteiger partial charge on any atom is -1.00 e.